The van der Waals surface area contributed by atoms with E-state index in [-0.39, 0.29) is 5.54 Å². The molecule has 0 heterocycles. The molecule has 2 N–H and O–H groups in total. The summed E-state index contributed by atoms with van der Waals surface area (Å²) in [5.41, 5.74) is 3.09. The van der Waals surface area contributed by atoms with Crippen LogP contribution in [0.1, 0.15) is 55.6 Å². The van der Waals surface area contributed by atoms with Crippen LogP contribution in [-0.4, -0.2) is 23.8 Å². The van der Waals surface area contributed by atoms with Gasteiger partial charge < -0.3 is 10.4 Å². The Labute approximate surface area is 116 Å². The van der Waals surface area contributed by atoms with Gasteiger partial charge in [0.25, 0.3) is 0 Å². The zero-order valence-electron chi connectivity index (χ0n) is 11.7. The lowest BCUT2D eigenvalue weighted by molar-refractivity contribution is 0.161. The first-order chi connectivity index (χ1) is 9.33. The number of nitrogens with one attached hydrogen (secondary N) is 1. The van der Waals surface area contributed by atoms with Gasteiger partial charge in [0.15, 0.2) is 0 Å². The summed E-state index contributed by atoms with van der Waals surface area (Å²) in [4.78, 5) is 0. The van der Waals surface area contributed by atoms with Gasteiger partial charge in [-0.2, -0.15) is 0 Å². The second-order valence-electron chi connectivity index (χ2n) is 6.31. The highest BCUT2D eigenvalue weighted by Gasteiger charge is 2.33. The number of aliphatic hydroxyl groups excluding tert-OH is 1. The van der Waals surface area contributed by atoms with Gasteiger partial charge >= 0.3 is 0 Å². The van der Waals surface area contributed by atoms with Crippen molar-refractivity contribution in [3.05, 3.63) is 35.4 Å². The Hall–Kier alpha value is -0.860. The lowest BCUT2D eigenvalue weighted by Gasteiger charge is -2.33. The lowest BCUT2D eigenvalue weighted by Crippen LogP contribution is -2.47. The van der Waals surface area contributed by atoms with Gasteiger partial charge in [0.2, 0.25) is 0 Å². The van der Waals surface area contributed by atoms with E-state index in [2.05, 4.69) is 29.6 Å². The van der Waals surface area contributed by atoms with E-state index in [0.717, 1.165) is 19.4 Å². The standard InChI is InChI=1S/C17H25NO/c19-13-17(10-3-4-11-17)18-12-15-8-5-7-14-6-1-2-9-16(14)15/h1-2,6,9,15,18-19H,3-5,7-8,10-13H2. The molecule has 1 unspecified atom stereocenters. The van der Waals surface area contributed by atoms with Crippen LogP contribution in [0, 0.1) is 0 Å². The second-order valence-corrected chi connectivity index (χ2v) is 6.31. The lowest BCUT2D eigenvalue weighted by atomic mass is 9.82. The summed E-state index contributed by atoms with van der Waals surface area (Å²) < 4.78 is 0. The second kappa shape index (κ2) is 5.64. The molecule has 3 rings (SSSR count). The molecule has 0 aromatic heterocycles. The molecule has 2 aliphatic carbocycles. The van der Waals surface area contributed by atoms with Crippen molar-refractivity contribution in [1.82, 2.24) is 5.32 Å². The normalized spacial score (nSPS) is 25.2. The molecule has 104 valence electrons. The minimum Gasteiger partial charge on any atom is -0.394 e. The van der Waals surface area contributed by atoms with Crippen molar-refractivity contribution < 1.29 is 5.11 Å². The quantitative estimate of drug-likeness (QED) is 0.871. The zero-order valence-corrected chi connectivity index (χ0v) is 11.7. The van der Waals surface area contributed by atoms with Gasteiger partial charge in [0, 0.05) is 12.1 Å². The Kier molecular flexibility index (Phi) is 3.90. The molecule has 0 amide bonds. The third-order valence-electron chi connectivity index (χ3n) is 5.08. The van der Waals surface area contributed by atoms with Crippen molar-refractivity contribution in [2.24, 2.45) is 0 Å². The number of benzene rings is 1. The predicted molar refractivity (Wildman–Crippen MR) is 78.4 cm³/mol. The fourth-order valence-electron chi connectivity index (χ4n) is 3.85. The summed E-state index contributed by atoms with van der Waals surface area (Å²) in [6, 6.07) is 8.88. The van der Waals surface area contributed by atoms with E-state index in [9.17, 15) is 5.11 Å². The molecule has 1 saturated carbocycles. The number of aryl methyl sites for hydroxylation is 1. The van der Waals surface area contributed by atoms with Gasteiger partial charge in [-0.05, 0) is 49.1 Å². The molecule has 2 heteroatoms. The Morgan fingerprint density at radius 3 is 2.74 bits per heavy atom. The van der Waals surface area contributed by atoms with Crippen LogP contribution >= 0.6 is 0 Å². The molecule has 1 atom stereocenters. The molecule has 0 spiro atoms. The van der Waals surface area contributed by atoms with E-state index in [1.54, 1.807) is 0 Å². The highest BCUT2D eigenvalue weighted by atomic mass is 16.3. The smallest absolute Gasteiger partial charge is 0.0613 e. The van der Waals surface area contributed by atoms with Crippen molar-refractivity contribution in [2.45, 2.75) is 56.4 Å². The Morgan fingerprint density at radius 2 is 1.95 bits per heavy atom. The molecule has 1 aromatic carbocycles. The highest BCUT2D eigenvalue weighted by molar-refractivity contribution is 5.32. The summed E-state index contributed by atoms with van der Waals surface area (Å²) in [6.07, 6.45) is 8.61. The maximum absolute atomic E-state index is 9.68. The number of aliphatic hydroxyl groups is 1. The highest BCUT2D eigenvalue weighted by Crippen LogP contribution is 2.33. The zero-order chi connectivity index (χ0) is 13.1. The van der Waals surface area contributed by atoms with Crippen molar-refractivity contribution in [1.29, 1.82) is 0 Å². The number of hydrogen-bond acceptors (Lipinski definition) is 2. The summed E-state index contributed by atoms with van der Waals surface area (Å²) >= 11 is 0. The molecule has 0 aliphatic heterocycles. The molecule has 0 bridgehead atoms. The van der Waals surface area contributed by atoms with E-state index in [0.29, 0.717) is 12.5 Å². The monoisotopic (exact) mass is 259 g/mol. The van der Waals surface area contributed by atoms with Gasteiger partial charge in [-0.3, -0.25) is 0 Å². The van der Waals surface area contributed by atoms with Gasteiger partial charge in [-0.25, -0.2) is 0 Å². The van der Waals surface area contributed by atoms with Crippen molar-refractivity contribution in [2.75, 3.05) is 13.2 Å². The molecule has 1 fully saturated rings. The van der Waals surface area contributed by atoms with Crippen LogP contribution in [0.25, 0.3) is 0 Å². The molecular formula is C17H25NO. The van der Waals surface area contributed by atoms with Crippen LogP contribution in [0.3, 0.4) is 0 Å². The fourth-order valence-corrected chi connectivity index (χ4v) is 3.85. The number of fused-ring (bicyclic) bond motifs is 1. The van der Waals surface area contributed by atoms with E-state index in [1.165, 1.54) is 43.2 Å². The molecule has 0 radical (unpaired) electrons. The molecule has 2 aliphatic rings. The number of rotatable bonds is 4. The van der Waals surface area contributed by atoms with Crippen LogP contribution < -0.4 is 5.32 Å². The summed E-state index contributed by atoms with van der Waals surface area (Å²) in [6.45, 7) is 1.32. The first-order valence-electron chi connectivity index (χ1n) is 7.77. The summed E-state index contributed by atoms with van der Waals surface area (Å²) in [5.74, 6) is 0.633. The van der Waals surface area contributed by atoms with E-state index in [1.807, 2.05) is 0 Å². The number of hydrogen-bond donors (Lipinski definition) is 2. The van der Waals surface area contributed by atoms with Crippen molar-refractivity contribution in [3.63, 3.8) is 0 Å². The van der Waals surface area contributed by atoms with E-state index in [4.69, 9.17) is 0 Å². The van der Waals surface area contributed by atoms with Crippen LogP contribution in [-0.2, 0) is 6.42 Å². The maximum Gasteiger partial charge on any atom is 0.0613 e. The third-order valence-corrected chi connectivity index (χ3v) is 5.08. The first-order valence-corrected chi connectivity index (χ1v) is 7.77. The van der Waals surface area contributed by atoms with Gasteiger partial charge in [0.1, 0.15) is 0 Å². The molecule has 19 heavy (non-hydrogen) atoms. The average molecular weight is 259 g/mol. The van der Waals surface area contributed by atoms with Crippen LogP contribution in [0.5, 0.6) is 0 Å². The van der Waals surface area contributed by atoms with Crippen LogP contribution in [0.4, 0.5) is 0 Å². The van der Waals surface area contributed by atoms with Gasteiger partial charge in [0.05, 0.1) is 6.61 Å². The maximum atomic E-state index is 9.68. The van der Waals surface area contributed by atoms with Crippen molar-refractivity contribution >= 4 is 0 Å². The van der Waals surface area contributed by atoms with Gasteiger partial charge in [-0.15, -0.1) is 0 Å². The summed E-state index contributed by atoms with van der Waals surface area (Å²) in [5, 5.41) is 13.4. The summed E-state index contributed by atoms with van der Waals surface area (Å²) in [7, 11) is 0. The molecular weight excluding hydrogens is 234 g/mol. The Balaban J connectivity index is 1.68. The molecule has 1 aromatic rings. The molecule has 2 nitrogen and oxygen atoms in total. The minimum absolute atomic E-state index is 0.0202. The topological polar surface area (TPSA) is 32.3 Å². The Bertz CT molecular complexity index is 423. The molecule has 0 saturated heterocycles. The van der Waals surface area contributed by atoms with Crippen molar-refractivity contribution in [3.8, 4) is 0 Å². The van der Waals surface area contributed by atoms with Crippen LogP contribution in [0.2, 0.25) is 0 Å². The SMILES string of the molecule is OCC1(NCC2CCCc3ccccc32)CCCC1. The van der Waals surface area contributed by atoms with E-state index < -0.39 is 0 Å². The average Bonchev–Trinajstić information content (AvgIpc) is 2.94. The van der Waals surface area contributed by atoms with Crippen LogP contribution in [0.15, 0.2) is 24.3 Å². The fraction of sp³-hybridized carbons (Fsp3) is 0.647. The van der Waals surface area contributed by atoms with Gasteiger partial charge in [-0.1, -0.05) is 37.1 Å². The predicted octanol–water partition coefficient (Wildman–Crippen LogP) is 3.00. The van der Waals surface area contributed by atoms with E-state index >= 15 is 0 Å². The Morgan fingerprint density at radius 1 is 1.16 bits per heavy atom. The third kappa shape index (κ3) is 2.70. The first kappa shape index (κ1) is 13.1. The largest absolute Gasteiger partial charge is 0.394 e. The minimum atomic E-state index is 0.0202.